The van der Waals surface area contributed by atoms with Gasteiger partial charge in [-0.2, -0.15) is 0 Å². The fourth-order valence-corrected chi connectivity index (χ4v) is 2.93. The van der Waals surface area contributed by atoms with Crippen LogP contribution >= 0.6 is 0 Å². The Balaban J connectivity index is 1.58. The molecule has 0 spiro atoms. The van der Waals surface area contributed by atoms with E-state index in [0.29, 0.717) is 18.2 Å². The van der Waals surface area contributed by atoms with Crippen LogP contribution in [0.4, 0.5) is 4.39 Å². The van der Waals surface area contributed by atoms with Gasteiger partial charge in [0, 0.05) is 18.7 Å². The minimum absolute atomic E-state index is 0.154. The number of benzene rings is 1. The molecule has 0 heterocycles. The number of rotatable bonds is 6. The minimum atomic E-state index is -0.154. The maximum Gasteiger partial charge on any atom is 0.123 e. The predicted octanol–water partition coefficient (Wildman–Crippen LogP) is 3.43. The molecule has 0 radical (unpaired) electrons. The van der Waals surface area contributed by atoms with Crippen LogP contribution in [0.1, 0.15) is 44.2 Å². The van der Waals surface area contributed by atoms with Crippen molar-refractivity contribution in [1.82, 2.24) is 5.32 Å². The van der Waals surface area contributed by atoms with E-state index in [2.05, 4.69) is 5.32 Å². The van der Waals surface area contributed by atoms with Crippen molar-refractivity contribution in [3.63, 3.8) is 0 Å². The van der Waals surface area contributed by atoms with E-state index >= 15 is 0 Å². The van der Waals surface area contributed by atoms with Crippen molar-refractivity contribution in [2.45, 2.75) is 50.8 Å². The Morgan fingerprint density at radius 1 is 1.26 bits per heavy atom. The lowest BCUT2D eigenvalue weighted by atomic mass is 9.87. The quantitative estimate of drug-likeness (QED) is 0.849. The fraction of sp³-hybridized carbons (Fsp3) is 0.625. The van der Waals surface area contributed by atoms with E-state index < -0.39 is 0 Å². The third kappa shape index (κ3) is 3.15. The number of hydrogen-bond acceptors (Lipinski definition) is 2. The highest BCUT2D eigenvalue weighted by Gasteiger charge is 2.37. The molecule has 1 aromatic rings. The van der Waals surface area contributed by atoms with Gasteiger partial charge in [-0.25, -0.2) is 4.39 Å². The van der Waals surface area contributed by atoms with Crippen molar-refractivity contribution < 1.29 is 9.13 Å². The van der Waals surface area contributed by atoms with Crippen LogP contribution in [0.3, 0.4) is 0 Å². The molecule has 0 bridgehead atoms. The number of ether oxygens (including phenoxy) is 1. The van der Waals surface area contributed by atoms with Gasteiger partial charge in [0.2, 0.25) is 0 Å². The molecule has 0 saturated heterocycles. The summed E-state index contributed by atoms with van der Waals surface area (Å²) in [5.41, 5.74) is 1.23. The van der Waals surface area contributed by atoms with Gasteiger partial charge in [-0.3, -0.25) is 0 Å². The molecule has 19 heavy (non-hydrogen) atoms. The first-order valence-electron chi connectivity index (χ1n) is 7.39. The lowest BCUT2D eigenvalue weighted by molar-refractivity contribution is -0.0131. The first-order valence-corrected chi connectivity index (χ1v) is 7.39. The second-order valence-electron chi connectivity index (χ2n) is 5.78. The Morgan fingerprint density at radius 3 is 2.53 bits per heavy atom. The molecule has 0 aliphatic heterocycles. The molecule has 2 fully saturated rings. The van der Waals surface area contributed by atoms with Gasteiger partial charge in [0.1, 0.15) is 5.82 Å². The largest absolute Gasteiger partial charge is 0.378 e. The van der Waals surface area contributed by atoms with Crippen molar-refractivity contribution >= 4 is 0 Å². The van der Waals surface area contributed by atoms with Gasteiger partial charge in [-0.05, 0) is 56.2 Å². The number of hydrogen-bond donors (Lipinski definition) is 1. The molecule has 2 aliphatic carbocycles. The van der Waals surface area contributed by atoms with Crippen LogP contribution in [0.15, 0.2) is 24.3 Å². The molecule has 1 N–H and O–H groups in total. The molecule has 3 rings (SSSR count). The molecular weight excluding hydrogens is 241 g/mol. The number of nitrogens with one attached hydrogen (secondary N) is 1. The highest BCUT2D eigenvalue weighted by atomic mass is 19.1. The predicted molar refractivity (Wildman–Crippen MR) is 73.4 cm³/mol. The first-order chi connectivity index (χ1) is 9.26. The van der Waals surface area contributed by atoms with Crippen molar-refractivity contribution in [3.05, 3.63) is 35.6 Å². The monoisotopic (exact) mass is 263 g/mol. The summed E-state index contributed by atoms with van der Waals surface area (Å²) in [5.74, 6) is 0.579. The maximum atomic E-state index is 13.0. The van der Waals surface area contributed by atoms with Crippen molar-refractivity contribution in [3.8, 4) is 0 Å². The lowest BCUT2D eigenvalue weighted by Gasteiger charge is -2.38. The molecule has 3 heteroatoms. The second-order valence-corrected chi connectivity index (χ2v) is 5.78. The van der Waals surface area contributed by atoms with E-state index in [0.717, 1.165) is 25.4 Å². The average molecular weight is 263 g/mol. The third-order valence-electron chi connectivity index (χ3n) is 4.23. The maximum absolute atomic E-state index is 13.0. The van der Waals surface area contributed by atoms with Crippen LogP contribution in [-0.4, -0.2) is 18.8 Å². The zero-order valence-corrected chi connectivity index (χ0v) is 11.4. The van der Waals surface area contributed by atoms with Gasteiger partial charge in [-0.1, -0.05) is 12.1 Å². The Kier molecular flexibility index (Phi) is 3.85. The summed E-state index contributed by atoms with van der Waals surface area (Å²) in [4.78, 5) is 0. The Hall–Kier alpha value is -0.930. The molecule has 0 amide bonds. The molecule has 1 aromatic carbocycles. The lowest BCUT2D eigenvalue weighted by Crippen LogP contribution is -2.47. The third-order valence-corrected chi connectivity index (χ3v) is 4.23. The van der Waals surface area contributed by atoms with Gasteiger partial charge in [0.25, 0.3) is 0 Å². The fourth-order valence-electron chi connectivity index (χ4n) is 2.93. The van der Waals surface area contributed by atoms with E-state index in [1.807, 2.05) is 19.1 Å². The van der Waals surface area contributed by atoms with Crippen LogP contribution < -0.4 is 5.32 Å². The molecule has 1 atom stereocenters. The minimum Gasteiger partial charge on any atom is -0.378 e. The van der Waals surface area contributed by atoms with E-state index in [9.17, 15) is 4.39 Å². The molecule has 2 nitrogen and oxygen atoms in total. The summed E-state index contributed by atoms with van der Waals surface area (Å²) < 4.78 is 18.6. The zero-order chi connectivity index (χ0) is 13.2. The van der Waals surface area contributed by atoms with E-state index in [4.69, 9.17) is 4.74 Å². The van der Waals surface area contributed by atoms with Gasteiger partial charge in [0.05, 0.1) is 6.10 Å². The van der Waals surface area contributed by atoms with E-state index in [1.54, 1.807) is 12.1 Å². The highest BCUT2D eigenvalue weighted by molar-refractivity contribution is 5.22. The Morgan fingerprint density at radius 2 is 1.95 bits per heavy atom. The van der Waals surface area contributed by atoms with Gasteiger partial charge in [0.15, 0.2) is 0 Å². The van der Waals surface area contributed by atoms with Crippen LogP contribution in [0.5, 0.6) is 0 Å². The first kappa shape index (κ1) is 13.1. The SMILES string of the molecule is CCOC1CC(NC(c2ccc(F)cc2)C2CC2)C1. The molecular formula is C16H22FNO. The summed E-state index contributed by atoms with van der Waals surface area (Å²) in [6.45, 7) is 2.85. The van der Waals surface area contributed by atoms with Crippen molar-refractivity contribution in [2.24, 2.45) is 5.92 Å². The van der Waals surface area contributed by atoms with Crippen molar-refractivity contribution in [1.29, 1.82) is 0 Å². The topological polar surface area (TPSA) is 21.3 Å². The summed E-state index contributed by atoms with van der Waals surface area (Å²) in [5, 5.41) is 3.74. The van der Waals surface area contributed by atoms with Crippen LogP contribution in [-0.2, 0) is 4.74 Å². The molecule has 1 unspecified atom stereocenters. The number of halogens is 1. The van der Waals surface area contributed by atoms with Gasteiger partial charge >= 0.3 is 0 Å². The highest BCUT2D eigenvalue weighted by Crippen LogP contribution is 2.42. The van der Waals surface area contributed by atoms with Crippen LogP contribution in [0.25, 0.3) is 0 Å². The molecule has 0 aromatic heterocycles. The summed E-state index contributed by atoms with van der Waals surface area (Å²) >= 11 is 0. The Labute approximate surface area is 114 Å². The van der Waals surface area contributed by atoms with Crippen LogP contribution in [0, 0.1) is 11.7 Å². The smallest absolute Gasteiger partial charge is 0.123 e. The molecule has 2 aliphatic rings. The second kappa shape index (κ2) is 5.59. The summed E-state index contributed by atoms with van der Waals surface area (Å²) in [6.07, 6.45) is 5.24. The van der Waals surface area contributed by atoms with Gasteiger partial charge < -0.3 is 10.1 Å². The normalized spacial score (nSPS) is 27.9. The van der Waals surface area contributed by atoms with Crippen molar-refractivity contribution in [2.75, 3.05) is 6.61 Å². The summed E-state index contributed by atoms with van der Waals surface area (Å²) in [6, 6.07) is 7.93. The summed E-state index contributed by atoms with van der Waals surface area (Å²) in [7, 11) is 0. The average Bonchev–Trinajstić information content (AvgIpc) is 3.18. The zero-order valence-electron chi connectivity index (χ0n) is 11.4. The molecule has 2 saturated carbocycles. The van der Waals surface area contributed by atoms with E-state index in [1.165, 1.54) is 18.4 Å². The molecule has 104 valence electrons. The standard InChI is InChI=1S/C16H22FNO/c1-2-19-15-9-14(10-15)18-16(11-3-4-11)12-5-7-13(17)8-6-12/h5-8,11,14-16,18H,2-4,9-10H2,1H3. The van der Waals surface area contributed by atoms with Crippen LogP contribution in [0.2, 0.25) is 0 Å². The van der Waals surface area contributed by atoms with E-state index in [-0.39, 0.29) is 5.82 Å². The Bertz CT molecular complexity index is 409. The van der Waals surface area contributed by atoms with Gasteiger partial charge in [-0.15, -0.1) is 0 Å².